The van der Waals surface area contributed by atoms with Crippen molar-refractivity contribution in [3.8, 4) is 0 Å². The number of amidine groups is 1. The smallest absolute Gasteiger partial charge is 0.117 e. The van der Waals surface area contributed by atoms with E-state index in [2.05, 4.69) is 22.4 Å². The van der Waals surface area contributed by atoms with Gasteiger partial charge in [0.1, 0.15) is 5.84 Å². The van der Waals surface area contributed by atoms with Crippen LogP contribution in [0, 0.1) is 0 Å². The van der Waals surface area contributed by atoms with Crippen molar-refractivity contribution in [1.82, 2.24) is 0 Å². The van der Waals surface area contributed by atoms with E-state index in [1.54, 1.807) is 0 Å². The van der Waals surface area contributed by atoms with Gasteiger partial charge in [0.2, 0.25) is 0 Å². The fourth-order valence-electron chi connectivity index (χ4n) is 1.75. The highest BCUT2D eigenvalue weighted by Gasteiger charge is 2.11. The first-order valence-corrected chi connectivity index (χ1v) is 6.52. The Morgan fingerprint density at radius 1 is 0.941 bits per heavy atom. The predicted octanol–water partition coefficient (Wildman–Crippen LogP) is 3.93. The molecule has 2 nitrogen and oxygen atoms in total. The minimum atomic E-state index is 0.895. The fraction of sp³-hybridized carbons (Fsp3) is 0.0714. The summed E-state index contributed by atoms with van der Waals surface area (Å²) in [5.41, 5.74) is 2.15. The van der Waals surface area contributed by atoms with Crippen LogP contribution in [0.5, 0.6) is 0 Å². The summed E-state index contributed by atoms with van der Waals surface area (Å²) >= 11 is 1.82. The maximum Gasteiger partial charge on any atom is 0.117 e. The predicted molar refractivity (Wildman–Crippen MR) is 74.3 cm³/mol. The molecule has 0 unspecified atom stereocenters. The molecule has 0 saturated carbocycles. The third kappa shape index (κ3) is 2.34. The van der Waals surface area contributed by atoms with E-state index in [9.17, 15) is 0 Å². The van der Waals surface area contributed by atoms with Gasteiger partial charge in [0.25, 0.3) is 0 Å². The number of fused-ring (bicyclic) bond motifs is 1. The molecule has 0 aliphatic carbocycles. The average molecular weight is 240 g/mol. The van der Waals surface area contributed by atoms with Gasteiger partial charge in [0, 0.05) is 10.6 Å². The molecule has 1 heterocycles. The number of nitrogens with one attached hydrogen (secondary N) is 1. The van der Waals surface area contributed by atoms with Crippen LogP contribution in [0.4, 0.5) is 11.4 Å². The summed E-state index contributed by atoms with van der Waals surface area (Å²) in [5.74, 6) is 1.91. The molecule has 2 aromatic rings. The van der Waals surface area contributed by atoms with Crippen LogP contribution in [0.3, 0.4) is 0 Å². The van der Waals surface area contributed by atoms with E-state index in [-0.39, 0.29) is 0 Å². The van der Waals surface area contributed by atoms with Crippen molar-refractivity contribution in [3.05, 3.63) is 54.6 Å². The lowest BCUT2D eigenvalue weighted by atomic mass is 10.3. The molecule has 17 heavy (non-hydrogen) atoms. The highest BCUT2D eigenvalue weighted by molar-refractivity contribution is 8.00. The Morgan fingerprint density at radius 3 is 2.59 bits per heavy atom. The maximum atomic E-state index is 4.63. The number of anilines is 1. The van der Waals surface area contributed by atoms with Crippen molar-refractivity contribution < 1.29 is 0 Å². The van der Waals surface area contributed by atoms with Gasteiger partial charge in [0.05, 0.1) is 11.4 Å². The molecule has 0 amide bonds. The molecule has 0 fully saturated rings. The van der Waals surface area contributed by atoms with E-state index in [1.165, 1.54) is 4.90 Å². The van der Waals surface area contributed by atoms with Crippen molar-refractivity contribution in [2.24, 2.45) is 4.99 Å². The zero-order chi connectivity index (χ0) is 11.5. The van der Waals surface area contributed by atoms with Gasteiger partial charge in [-0.15, -0.1) is 11.8 Å². The Labute approximate surface area is 105 Å². The summed E-state index contributed by atoms with van der Waals surface area (Å²) in [6.07, 6.45) is 0. The highest BCUT2D eigenvalue weighted by Crippen LogP contribution is 2.33. The van der Waals surface area contributed by atoms with E-state index < -0.39 is 0 Å². The second-order valence-electron chi connectivity index (χ2n) is 3.81. The van der Waals surface area contributed by atoms with Gasteiger partial charge < -0.3 is 5.32 Å². The monoisotopic (exact) mass is 240 g/mol. The second-order valence-corrected chi connectivity index (χ2v) is 4.82. The quantitative estimate of drug-likeness (QED) is 0.816. The normalized spacial score (nSPS) is 13.8. The van der Waals surface area contributed by atoms with Crippen LogP contribution in [0.25, 0.3) is 0 Å². The third-order valence-electron chi connectivity index (χ3n) is 2.55. The summed E-state index contributed by atoms with van der Waals surface area (Å²) < 4.78 is 0. The number of benzene rings is 2. The molecule has 3 heteroatoms. The molecule has 84 valence electrons. The van der Waals surface area contributed by atoms with Gasteiger partial charge in [-0.05, 0) is 24.3 Å². The lowest BCUT2D eigenvalue weighted by molar-refractivity contribution is 1.34. The highest BCUT2D eigenvalue weighted by atomic mass is 32.2. The van der Waals surface area contributed by atoms with Crippen molar-refractivity contribution >= 4 is 29.0 Å². The Bertz CT molecular complexity index is 549. The second kappa shape index (κ2) is 4.63. The lowest BCUT2D eigenvalue weighted by Gasteiger charge is -2.16. The first kappa shape index (κ1) is 10.4. The van der Waals surface area contributed by atoms with E-state index in [1.807, 2.05) is 54.2 Å². The molecular formula is C14H12N2S. The number of rotatable bonds is 1. The topological polar surface area (TPSA) is 24.4 Å². The molecule has 1 aliphatic heterocycles. The Hall–Kier alpha value is -1.74. The zero-order valence-corrected chi connectivity index (χ0v) is 10.1. The van der Waals surface area contributed by atoms with Gasteiger partial charge in [0.15, 0.2) is 0 Å². The van der Waals surface area contributed by atoms with Gasteiger partial charge in [-0.2, -0.15) is 0 Å². The number of thioether (sulfide) groups is 1. The molecule has 1 N–H and O–H groups in total. The molecule has 1 aliphatic rings. The summed E-state index contributed by atoms with van der Waals surface area (Å²) in [7, 11) is 0. The number of aliphatic imine (C=N–C) groups is 1. The van der Waals surface area contributed by atoms with Gasteiger partial charge in [-0.3, -0.25) is 0 Å². The van der Waals surface area contributed by atoms with Crippen LogP contribution in [0.1, 0.15) is 0 Å². The number of nitrogens with zero attached hydrogens (tertiary/aromatic N) is 1. The first-order valence-electron chi connectivity index (χ1n) is 5.53. The van der Waals surface area contributed by atoms with Crippen LogP contribution in [0.15, 0.2) is 64.5 Å². The Balaban J connectivity index is 1.85. The SMILES string of the molecule is c1ccc(NC2=Nc3ccccc3SC2)cc1. The molecule has 2 aromatic carbocycles. The minimum Gasteiger partial charge on any atom is -0.343 e. The molecule has 3 rings (SSSR count). The summed E-state index contributed by atoms with van der Waals surface area (Å²) in [6, 6.07) is 18.4. The molecule has 0 aromatic heterocycles. The van der Waals surface area contributed by atoms with Gasteiger partial charge >= 0.3 is 0 Å². The summed E-state index contributed by atoms with van der Waals surface area (Å²) in [5, 5.41) is 3.35. The maximum absolute atomic E-state index is 4.63. The van der Waals surface area contributed by atoms with Crippen LogP contribution in [0.2, 0.25) is 0 Å². The zero-order valence-electron chi connectivity index (χ0n) is 9.26. The number of para-hydroxylation sites is 2. The summed E-state index contributed by atoms with van der Waals surface area (Å²) in [6.45, 7) is 0. The Morgan fingerprint density at radius 2 is 1.71 bits per heavy atom. The molecule has 0 bridgehead atoms. The fourth-order valence-corrected chi connectivity index (χ4v) is 2.61. The third-order valence-corrected chi connectivity index (χ3v) is 3.62. The molecule has 0 radical (unpaired) electrons. The van der Waals surface area contributed by atoms with Crippen LogP contribution < -0.4 is 5.32 Å². The van der Waals surface area contributed by atoms with E-state index in [0.717, 1.165) is 23.0 Å². The van der Waals surface area contributed by atoms with E-state index in [0.29, 0.717) is 0 Å². The van der Waals surface area contributed by atoms with Crippen molar-refractivity contribution in [2.45, 2.75) is 4.90 Å². The average Bonchev–Trinajstić information content (AvgIpc) is 2.40. The Kier molecular flexibility index (Phi) is 2.84. The lowest BCUT2D eigenvalue weighted by Crippen LogP contribution is -2.16. The van der Waals surface area contributed by atoms with Crippen molar-refractivity contribution in [2.75, 3.05) is 11.1 Å². The number of hydrogen-bond donors (Lipinski definition) is 1. The van der Waals surface area contributed by atoms with Gasteiger partial charge in [-0.25, -0.2) is 4.99 Å². The molecular weight excluding hydrogens is 228 g/mol. The van der Waals surface area contributed by atoms with Crippen molar-refractivity contribution in [3.63, 3.8) is 0 Å². The van der Waals surface area contributed by atoms with Crippen LogP contribution in [-0.2, 0) is 0 Å². The molecule has 0 spiro atoms. The standard InChI is InChI=1S/C14H12N2S/c1-2-6-11(7-3-1)15-14-10-17-13-9-5-4-8-12(13)16-14/h1-9H,10H2,(H,15,16). The van der Waals surface area contributed by atoms with Gasteiger partial charge in [-0.1, -0.05) is 30.3 Å². The van der Waals surface area contributed by atoms with E-state index >= 15 is 0 Å². The molecule has 0 saturated heterocycles. The van der Waals surface area contributed by atoms with Crippen LogP contribution >= 0.6 is 11.8 Å². The van der Waals surface area contributed by atoms with E-state index in [4.69, 9.17) is 0 Å². The number of hydrogen-bond acceptors (Lipinski definition) is 3. The van der Waals surface area contributed by atoms with Crippen molar-refractivity contribution in [1.29, 1.82) is 0 Å². The summed E-state index contributed by atoms with van der Waals surface area (Å²) in [4.78, 5) is 5.88. The molecule has 0 atom stereocenters. The minimum absolute atomic E-state index is 0.895. The first-order chi connectivity index (χ1) is 8.42. The van der Waals surface area contributed by atoms with Crippen LogP contribution in [-0.4, -0.2) is 11.6 Å². The largest absolute Gasteiger partial charge is 0.343 e.